The Kier molecular flexibility index (Phi) is 4.66. The summed E-state index contributed by atoms with van der Waals surface area (Å²) in [5.41, 5.74) is 0.728. The van der Waals surface area contributed by atoms with Gasteiger partial charge in [-0.25, -0.2) is 0 Å². The normalized spacial score (nSPS) is 16.1. The standard InChI is InChI=1S/C19H15N3O5S/c1-2-9-21-13-8-7-12(22(24)25)10-17(13)28-19(21)20-18(23)16-11-26-14-5-3-4-6-15(14)27-16/h2-8,10,16H,1,9,11H2. The second-order valence-electron chi connectivity index (χ2n) is 6.01. The van der Waals surface area contributed by atoms with Crippen molar-refractivity contribution in [3.63, 3.8) is 0 Å². The van der Waals surface area contributed by atoms with E-state index in [0.717, 1.165) is 5.52 Å². The Bertz CT molecular complexity index is 1160. The molecule has 28 heavy (non-hydrogen) atoms. The van der Waals surface area contributed by atoms with Gasteiger partial charge < -0.3 is 14.0 Å². The monoisotopic (exact) mass is 397 g/mol. The molecule has 2 aromatic carbocycles. The molecule has 1 unspecified atom stereocenters. The number of carbonyl (C=O) groups excluding carboxylic acids is 1. The first kappa shape index (κ1) is 17.9. The van der Waals surface area contributed by atoms with Crippen LogP contribution in [0, 0.1) is 10.1 Å². The van der Waals surface area contributed by atoms with E-state index in [1.165, 1.54) is 23.5 Å². The van der Waals surface area contributed by atoms with Gasteiger partial charge in [0, 0.05) is 18.7 Å². The quantitative estimate of drug-likeness (QED) is 0.383. The number of para-hydroxylation sites is 2. The molecular weight excluding hydrogens is 382 g/mol. The SMILES string of the molecule is C=CCn1c(=NC(=O)C2COc3ccccc3O2)sc2cc([N+](=O)[O-])ccc21. The Morgan fingerprint density at radius 1 is 1.36 bits per heavy atom. The summed E-state index contributed by atoms with van der Waals surface area (Å²) in [7, 11) is 0. The number of fused-ring (bicyclic) bond motifs is 2. The molecule has 0 spiro atoms. The van der Waals surface area contributed by atoms with Crippen molar-refractivity contribution < 1.29 is 19.2 Å². The molecule has 0 saturated carbocycles. The molecular formula is C19H15N3O5S. The van der Waals surface area contributed by atoms with Gasteiger partial charge >= 0.3 is 0 Å². The predicted octanol–water partition coefficient (Wildman–Crippen LogP) is 3.06. The Balaban J connectivity index is 1.72. The summed E-state index contributed by atoms with van der Waals surface area (Å²) in [4.78, 5) is 27.9. The summed E-state index contributed by atoms with van der Waals surface area (Å²) >= 11 is 1.20. The highest BCUT2D eigenvalue weighted by Gasteiger charge is 2.27. The van der Waals surface area contributed by atoms with E-state index in [1.807, 2.05) is 6.07 Å². The first-order valence-corrected chi connectivity index (χ1v) is 9.24. The van der Waals surface area contributed by atoms with Gasteiger partial charge in [-0.1, -0.05) is 29.5 Å². The molecule has 0 aliphatic carbocycles. The van der Waals surface area contributed by atoms with Crippen LogP contribution in [-0.2, 0) is 11.3 Å². The summed E-state index contributed by atoms with van der Waals surface area (Å²) in [6.07, 6.45) is 0.819. The van der Waals surface area contributed by atoms with E-state index in [0.29, 0.717) is 27.5 Å². The number of rotatable bonds is 4. The molecule has 4 rings (SSSR count). The molecule has 1 aliphatic heterocycles. The first-order valence-electron chi connectivity index (χ1n) is 8.42. The largest absolute Gasteiger partial charge is 0.485 e. The van der Waals surface area contributed by atoms with Gasteiger partial charge in [-0.2, -0.15) is 4.99 Å². The minimum atomic E-state index is -0.855. The van der Waals surface area contributed by atoms with Crippen LogP contribution in [0.25, 0.3) is 10.2 Å². The zero-order valence-electron chi connectivity index (χ0n) is 14.6. The fourth-order valence-corrected chi connectivity index (χ4v) is 3.95. The zero-order valence-corrected chi connectivity index (χ0v) is 15.4. The molecule has 0 fully saturated rings. The molecule has 142 valence electrons. The van der Waals surface area contributed by atoms with Crippen LogP contribution >= 0.6 is 11.3 Å². The van der Waals surface area contributed by atoms with Crippen LogP contribution in [-0.4, -0.2) is 28.1 Å². The maximum atomic E-state index is 12.7. The summed E-state index contributed by atoms with van der Waals surface area (Å²) in [5, 5.41) is 11.0. The van der Waals surface area contributed by atoms with E-state index < -0.39 is 16.9 Å². The summed E-state index contributed by atoms with van der Waals surface area (Å²) < 4.78 is 13.7. The van der Waals surface area contributed by atoms with E-state index in [1.54, 1.807) is 34.9 Å². The lowest BCUT2D eigenvalue weighted by Gasteiger charge is -2.23. The van der Waals surface area contributed by atoms with Gasteiger partial charge in [0.05, 0.1) is 15.1 Å². The number of nitro benzene ring substituents is 1. The average Bonchev–Trinajstić information content (AvgIpc) is 3.04. The highest BCUT2D eigenvalue weighted by atomic mass is 32.1. The van der Waals surface area contributed by atoms with Crippen molar-refractivity contribution >= 4 is 33.1 Å². The van der Waals surface area contributed by atoms with Crippen LogP contribution in [0.15, 0.2) is 60.1 Å². The lowest BCUT2D eigenvalue weighted by atomic mass is 10.2. The molecule has 0 radical (unpaired) electrons. The Morgan fingerprint density at radius 3 is 2.89 bits per heavy atom. The lowest BCUT2D eigenvalue weighted by Crippen LogP contribution is -2.36. The first-order chi connectivity index (χ1) is 13.6. The number of allylic oxidation sites excluding steroid dienone is 1. The third-order valence-electron chi connectivity index (χ3n) is 4.18. The number of hydrogen-bond donors (Lipinski definition) is 0. The lowest BCUT2D eigenvalue weighted by molar-refractivity contribution is -0.384. The van der Waals surface area contributed by atoms with Crippen molar-refractivity contribution in [3.8, 4) is 11.5 Å². The second kappa shape index (κ2) is 7.28. The van der Waals surface area contributed by atoms with E-state index in [4.69, 9.17) is 9.47 Å². The second-order valence-corrected chi connectivity index (χ2v) is 7.02. The number of benzene rings is 2. The topological polar surface area (TPSA) is 96.0 Å². The van der Waals surface area contributed by atoms with E-state index >= 15 is 0 Å². The molecule has 1 amide bonds. The minimum Gasteiger partial charge on any atom is -0.485 e. The summed E-state index contributed by atoms with van der Waals surface area (Å²) in [6, 6.07) is 11.7. The smallest absolute Gasteiger partial charge is 0.292 e. The molecule has 8 nitrogen and oxygen atoms in total. The number of thiazole rings is 1. The van der Waals surface area contributed by atoms with E-state index in [2.05, 4.69) is 11.6 Å². The number of nitro groups is 1. The minimum absolute atomic E-state index is 0.0157. The summed E-state index contributed by atoms with van der Waals surface area (Å²) in [5.74, 6) is 0.601. The molecule has 9 heteroatoms. The van der Waals surface area contributed by atoms with Crippen LogP contribution in [0.5, 0.6) is 11.5 Å². The highest BCUT2D eigenvalue weighted by Crippen LogP contribution is 2.31. The number of aromatic nitrogens is 1. The molecule has 0 bridgehead atoms. The Hall–Kier alpha value is -3.46. The molecule has 1 aromatic heterocycles. The number of ether oxygens (including phenoxy) is 2. The van der Waals surface area contributed by atoms with Gasteiger partial charge in [0.25, 0.3) is 11.6 Å². The fraction of sp³-hybridized carbons (Fsp3) is 0.158. The average molecular weight is 397 g/mol. The van der Waals surface area contributed by atoms with Crippen molar-refractivity contribution in [1.82, 2.24) is 4.57 Å². The van der Waals surface area contributed by atoms with Crippen molar-refractivity contribution in [1.29, 1.82) is 0 Å². The molecule has 1 atom stereocenters. The molecule has 0 N–H and O–H groups in total. The van der Waals surface area contributed by atoms with Gasteiger partial charge in [0.2, 0.25) is 6.10 Å². The van der Waals surface area contributed by atoms with Gasteiger partial charge in [0.15, 0.2) is 16.3 Å². The van der Waals surface area contributed by atoms with Gasteiger partial charge in [-0.05, 0) is 18.2 Å². The maximum absolute atomic E-state index is 12.7. The van der Waals surface area contributed by atoms with Crippen LogP contribution in [0.1, 0.15) is 0 Å². The molecule has 0 saturated heterocycles. The molecule has 1 aliphatic rings. The fourth-order valence-electron chi connectivity index (χ4n) is 2.87. The number of nitrogens with zero attached hydrogens (tertiary/aromatic N) is 3. The third kappa shape index (κ3) is 3.27. The zero-order chi connectivity index (χ0) is 19.7. The van der Waals surface area contributed by atoms with Crippen LogP contribution in [0.3, 0.4) is 0 Å². The third-order valence-corrected chi connectivity index (χ3v) is 5.22. The molecule has 3 aromatic rings. The van der Waals surface area contributed by atoms with Gasteiger partial charge in [0.1, 0.15) is 6.61 Å². The van der Waals surface area contributed by atoms with Crippen molar-refractivity contribution in [2.75, 3.05) is 6.61 Å². The van der Waals surface area contributed by atoms with E-state index in [9.17, 15) is 14.9 Å². The summed E-state index contributed by atoms with van der Waals surface area (Å²) in [6.45, 7) is 4.21. The number of non-ortho nitro benzene ring substituents is 1. The van der Waals surface area contributed by atoms with Crippen molar-refractivity contribution in [2.24, 2.45) is 4.99 Å². The van der Waals surface area contributed by atoms with Crippen molar-refractivity contribution in [2.45, 2.75) is 12.6 Å². The van der Waals surface area contributed by atoms with Crippen LogP contribution in [0.4, 0.5) is 5.69 Å². The van der Waals surface area contributed by atoms with E-state index in [-0.39, 0.29) is 12.3 Å². The number of carbonyl (C=O) groups is 1. The Morgan fingerprint density at radius 2 is 2.14 bits per heavy atom. The highest BCUT2D eigenvalue weighted by molar-refractivity contribution is 7.16. The van der Waals surface area contributed by atoms with Gasteiger partial charge in [-0.15, -0.1) is 6.58 Å². The maximum Gasteiger partial charge on any atom is 0.292 e. The number of hydrogen-bond acceptors (Lipinski definition) is 6. The number of amides is 1. The van der Waals surface area contributed by atoms with Crippen LogP contribution in [0.2, 0.25) is 0 Å². The van der Waals surface area contributed by atoms with Crippen LogP contribution < -0.4 is 14.3 Å². The van der Waals surface area contributed by atoms with Crippen molar-refractivity contribution in [3.05, 3.63) is 70.0 Å². The van der Waals surface area contributed by atoms with Gasteiger partial charge in [-0.3, -0.25) is 14.9 Å². The Labute approximate surface area is 163 Å². The molecule has 2 heterocycles. The predicted molar refractivity (Wildman–Crippen MR) is 104 cm³/mol.